The van der Waals surface area contributed by atoms with Gasteiger partial charge in [0.25, 0.3) is 5.91 Å². The number of benzene rings is 1. The molecule has 4 aliphatic carbocycles. The third-order valence-electron chi connectivity index (χ3n) is 7.09. The summed E-state index contributed by atoms with van der Waals surface area (Å²) < 4.78 is 5.51. The van der Waals surface area contributed by atoms with Crippen molar-refractivity contribution < 1.29 is 19.1 Å². The van der Waals surface area contributed by atoms with E-state index in [2.05, 4.69) is 10.6 Å². The number of rotatable bonds is 6. The Bertz CT molecular complexity index is 905. The highest BCUT2D eigenvalue weighted by atomic mass is 35.5. The van der Waals surface area contributed by atoms with Gasteiger partial charge >= 0.3 is 5.97 Å². The van der Waals surface area contributed by atoms with Crippen LogP contribution in [0.3, 0.4) is 0 Å². The Balaban J connectivity index is 1.36. The SMILES string of the molecule is CC(=O)NC12CC3CC(C1)CC(C(=O)OCC(=O)NC(C)c1ccc(Cl)c(Cl)c1)(C3)C2. The van der Waals surface area contributed by atoms with Crippen LogP contribution in [0.15, 0.2) is 18.2 Å². The largest absolute Gasteiger partial charge is 0.455 e. The molecule has 0 saturated heterocycles. The Morgan fingerprint density at radius 3 is 2.42 bits per heavy atom. The fourth-order valence-corrected chi connectivity index (χ4v) is 6.76. The third-order valence-corrected chi connectivity index (χ3v) is 7.83. The van der Waals surface area contributed by atoms with Crippen LogP contribution in [0.2, 0.25) is 10.0 Å². The van der Waals surface area contributed by atoms with E-state index in [1.165, 1.54) is 6.92 Å². The van der Waals surface area contributed by atoms with Crippen molar-refractivity contribution in [2.24, 2.45) is 17.3 Å². The Kier molecular flexibility index (Phi) is 5.99. The van der Waals surface area contributed by atoms with Gasteiger partial charge in [0.15, 0.2) is 6.61 Å². The van der Waals surface area contributed by atoms with Crippen LogP contribution in [-0.4, -0.2) is 29.9 Å². The van der Waals surface area contributed by atoms with E-state index in [0.717, 1.165) is 37.7 Å². The molecule has 31 heavy (non-hydrogen) atoms. The fraction of sp³-hybridized carbons (Fsp3) is 0.609. The van der Waals surface area contributed by atoms with Gasteiger partial charge in [-0.05, 0) is 75.0 Å². The van der Waals surface area contributed by atoms with Crippen LogP contribution in [0.4, 0.5) is 0 Å². The monoisotopic (exact) mass is 466 g/mol. The molecule has 4 saturated carbocycles. The van der Waals surface area contributed by atoms with Gasteiger partial charge in [-0.2, -0.15) is 0 Å². The van der Waals surface area contributed by atoms with Gasteiger partial charge in [-0.3, -0.25) is 14.4 Å². The minimum absolute atomic E-state index is 0.0545. The van der Waals surface area contributed by atoms with Crippen LogP contribution in [0, 0.1) is 17.3 Å². The number of hydrogen-bond acceptors (Lipinski definition) is 4. The van der Waals surface area contributed by atoms with Crippen molar-refractivity contribution >= 4 is 41.0 Å². The quantitative estimate of drug-likeness (QED) is 0.615. The van der Waals surface area contributed by atoms with Crippen LogP contribution in [0.25, 0.3) is 0 Å². The Hall–Kier alpha value is -1.79. The average Bonchev–Trinajstić information content (AvgIpc) is 2.66. The molecule has 1 aromatic carbocycles. The summed E-state index contributed by atoms with van der Waals surface area (Å²) >= 11 is 12.0. The molecule has 4 fully saturated rings. The molecule has 4 bridgehead atoms. The third kappa shape index (κ3) is 4.56. The number of carbonyl (C=O) groups is 3. The van der Waals surface area contributed by atoms with Crippen molar-refractivity contribution in [2.45, 2.75) is 64.0 Å². The van der Waals surface area contributed by atoms with Gasteiger partial charge in [-0.15, -0.1) is 0 Å². The van der Waals surface area contributed by atoms with Crippen molar-refractivity contribution in [1.82, 2.24) is 10.6 Å². The Labute approximate surface area is 192 Å². The summed E-state index contributed by atoms with van der Waals surface area (Å²) in [5, 5.41) is 6.84. The first-order valence-corrected chi connectivity index (χ1v) is 11.6. The zero-order chi connectivity index (χ0) is 22.4. The molecule has 0 spiro atoms. The molecule has 2 amide bonds. The maximum atomic E-state index is 13.1. The highest BCUT2D eigenvalue weighted by molar-refractivity contribution is 6.42. The first kappa shape index (κ1) is 22.4. The van der Waals surface area contributed by atoms with Crippen LogP contribution in [0.1, 0.15) is 64.0 Å². The van der Waals surface area contributed by atoms with E-state index in [-0.39, 0.29) is 36.0 Å². The lowest BCUT2D eigenvalue weighted by Gasteiger charge is -2.60. The van der Waals surface area contributed by atoms with E-state index >= 15 is 0 Å². The van der Waals surface area contributed by atoms with E-state index in [0.29, 0.717) is 28.3 Å². The Morgan fingerprint density at radius 1 is 1.13 bits per heavy atom. The van der Waals surface area contributed by atoms with E-state index < -0.39 is 5.41 Å². The summed E-state index contributed by atoms with van der Waals surface area (Å²) in [7, 11) is 0. The average molecular weight is 467 g/mol. The predicted molar refractivity (Wildman–Crippen MR) is 118 cm³/mol. The summed E-state index contributed by atoms with van der Waals surface area (Å²) in [5.41, 5.74) is -0.0887. The molecule has 0 aliphatic heterocycles. The lowest BCUT2D eigenvalue weighted by Crippen LogP contribution is -2.64. The second-order valence-electron chi connectivity index (χ2n) is 9.74. The number of carbonyl (C=O) groups excluding carboxylic acids is 3. The summed E-state index contributed by atoms with van der Waals surface area (Å²) in [6, 6.07) is 4.88. The first-order chi connectivity index (χ1) is 14.6. The van der Waals surface area contributed by atoms with E-state index in [4.69, 9.17) is 27.9 Å². The molecule has 5 rings (SSSR count). The van der Waals surface area contributed by atoms with Crippen molar-refractivity contribution in [3.05, 3.63) is 33.8 Å². The molecule has 0 aromatic heterocycles. The number of nitrogens with one attached hydrogen (secondary N) is 2. The van der Waals surface area contributed by atoms with Gasteiger partial charge in [0.05, 0.1) is 21.5 Å². The predicted octanol–water partition coefficient (Wildman–Crippen LogP) is 4.19. The highest BCUT2D eigenvalue weighted by Gasteiger charge is 2.61. The summed E-state index contributed by atoms with van der Waals surface area (Å²) in [6.45, 7) is 3.03. The van der Waals surface area contributed by atoms with Crippen LogP contribution >= 0.6 is 23.2 Å². The number of esters is 1. The molecule has 3 unspecified atom stereocenters. The lowest BCUT2D eigenvalue weighted by molar-refractivity contribution is -0.177. The molecule has 4 aliphatic rings. The second kappa shape index (κ2) is 8.28. The molecule has 2 N–H and O–H groups in total. The number of hydrogen-bond donors (Lipinski definition) is 2. The number of ether oxygens (including phenoxy) is 1. The zero-order valence-corrected chi connectivity index (χ0v) is 19.3. The topological polar surface area (TPSA) is 84.5 Å². The van der Waals surface area contributed by atoms with Crippen molar-refractivity contribution in [3.63, 3.8) is 0 Å². The molecular formula is C23H28Cl2N2O4. The van der Waals surface area contributed by atoms with Crippen LogP contribution in [0.5, 0.6) is 0 Å². The van der Waals surface area contributed by atoms with E-state index in [9.17, 15) is 14.4 Å². The van der Waals surface area contributed by atoms with E-state index in [1.807, 2.05) is 6.92 Å². The van der Waals surface area contributed by atoms with Crippen molar-refractivity contribution in [1.29, 1.82) is 0 Å². The fourth-order valence-electron chi connectivity index (χ4n) is 6.45. The van der Waals surface area contributed by atoms with Gasteiger partial charge in [-0.1, -0.05) is 29.3 Å². The van der Waals surface area contributed by atoms with E-state index in [1.54, 1.807) is 18.2 Å². The first-order valence-electron chi connectivity index (χ1n) is 10.8. The van der Waals surface area contributed by atoms with Gasteiger partial charge in [0, 0.05) is 12.5 Å². The maximum absolute atomic E-state index is 13.1. The van der Waals surface area contributed by atoms with Gasteiger partial charge in [0.1, 0.15) is 0 Å². The van der Waals surface area contributed by atoms with Crippen LogP contribution < -0.4 is 10.6 Å². The molecule has 168 valence electrons. The molecule has 6 nitrogen and oxygen atoms in total. The highest BCUT2D eigenvalue weighted by Crippen LogP contribution is 2.62. The molecular weight excluding hydrogens is 439 g/mol. The lowest BCUT2D eigenvalue weighted by atomic mass is 9.47. The minimum Gasteiger partial charge on any atom is -0.455 e. The second-order valence-corrected chi connectivity index (χ2v) is 10.6. The summed E-state index contributed by atoms with van der Waals surface area (Å²) in [4.78, 5) is 37.3. The summed E-state index contributed by atoms with van der Waals surface area (Å²) in [5.74, 6) is 0.108. The maximum Gasteiger partial charge on any atom is 0.312 e. The smallest absolute Gasteiger partial charge is 0.312 e. The van der Waals surface area contributed by atoms with Gasteiger partial charge < -0.3 is 15.4 Å². The van der Waals surface area contributed by atoms with Gasteiger partial charge in [0.2, 0.25) is 5.91 Å². The molecule has 8 heteroatoms. The van der Waals surface area contributed by atoms with Crippen molar-refractivity contribution in [3.8, 4) is 0 Å². The zero-order valence-electron chi connectivity index (χ0n) is 17.8. The minimum atomic E-state index is -0.595. The van der Waals surface area contributed by atoms with Crippen molar-refractivity contribution in [2.75, 3.05) is 6.61 Å². The molecule has 1 aromatic rings. The number of halogens is 2. The Morgan fingerprint density at radius 2 is 1.81 bits per heavy atom. The van der Waals surface area contributed by atoms with Gasteiger partial charge in [-0.25, -0.2) is 0 Å². The van der Waals surface area contributed by atoms with Crippen LogP contribution in [-0.2, 0) is 19.1 Å². The number of amides is 2. The molecule has 0 radical (unpaired) electrons. The molecule has 3 atom stereocenters. The molecule has 0 heterocycles. The normalized spacial score (nSPS) is 31.7. The standard InChI is InChI=1S/C23H28Cl2N2O4/c1-13(17-3-4-18(24)19(25)6-17)26-20(29)11-31-21(30)22-7-15-5-16(8-22)10-23(9-15,12-22)27-14(2)28/h3-4,6,13,15-16H,5,7-12H2,1-2H3,(H,26,29)(H,27,28). The summed E-state index contributed by atoms with van der Waals surface area (Å²) in [6.07, 6.45) is 5.14.